The molecule has 1 amide bonds. The Bertz CT molecular complexity index is 643. The second-order valence-corrected chi connectivity index (χ2v) is 4.29. The number of carbonyl (C=O) groups is 1. The largest absolute Gasteiger partial charge is 0.395 e. The fraction of sp³-hybridized carbons (Fsp3) is 0.133. The van der Waals surface area contributed by atoms with Crippen molar-refractivity contribution in [2.24, 2.45) is 0 Å². The standard InChI is InChI=1S/C15H14N2O4/c18-11-10-16(12-6-2-1-3-7-12)15(19)13-8-4-5-9-14(13)17(20)21/h1-9,18H,10-11H2. The molecule has 6 heteroatoms. The lowest BCUT2D eigenvalue weighted by molar-refractivity contribution is -0.385. The first-order valence-electron chi connectivity index (χ1n) is 6.36. The number of aliphatic hydroxyl groups excluding tert-OH is 1. The molecule has 6 nitrogen and oxygen atoms in total. The molecule has 21 heavy (non-hydrogen) atoms. The predicted octanol–water partition coefficient (Wildman–Crippen LogP) is 2.23. The van der Waals surface area contributed by atoms with Crippen LogP contribution in [0.5, 0.6) is 0 Å². The van der Waals surface area contributed by atoms with E-state index in [-0.39, 0.29) is 24.4 Å². The maximum atomic E-state index is 12.6. The topological polar surface area (TPSA) is 83.7 Å². The van der Waals surface area contributed by atoms with E-state index >= 15 is 0 Å². The lowest BCUT2D eigenvalue weighted by Gasteiger charge is -2.21. The van der Waals surface area contributed by atoms with Crippen molar-refractivity contribution in [3.05, 3.63) is 70.3 Å². The molecule has 0 bridgehead atoms. The fourth-order valence-electron chi connectivity index (χ4n) is 2.01. The number of rotatable bonds is 5. The number of amides is 1. The van der Waals surface area contributed by atoms with Crippen molar-refractivity contribution >= 4 is 17.3 Å². The van der Waals surface area contributed by atoms with E-state index in [4.69, 9.17) is 5.11 Å². The highest BCUT2D eigenvalue weighted by molar-refractivity contribution is 6.08. The summed E-state index contributed by atoms with van der Waals surface area (Å²) in [6, 6.07) is 14.5. The summed E-state index contributed by atoms with van der Waals surface area (Å²) in [5, 5.41) is 20.2. The van der Waals surface area contributed by atoms with Gasteiger partial charge in [0.2, 0.25) is 0 Å². The van der Waals surface area contributed by atoms with Gasteiger partial charge in [-0.1, -0.05) is 30.3 Å². The Morgan fingerprint density at radius 1 is 1.10 bits per heavy atom. The van der Waals surface area contributed by atoms with Crippen LogP contribution < -0.4 is 4.90 Å². The zero-order chi connectivity index (χ0) is 15.2. The molecule has 0 saturated carbocycles. The molecular formula is C15H14N2O4. The van der Waals surface area contributed by atoms with Crippen molar-refractivity contribution in [3.63, 3.8) is 0 Å². The quantitative estimate of drug-likeness (QED) is 0.675. The zero-order valence-corrected chi connectivity index (χ0v) is 11.2. The minimum Gasteiger partial charge on any atom is -0.395 e. The lowest BCUT2D eigenvalue weighted by Crippen LogP contribution is -2.33. The Kier molecular flexibility index (Phi) is 4.63. The monoisotopic (exact) mass is 286 g/mol. The highest BCUT2D eigenvalue weighted by Gasteiger charge is 2.24. The third kappa shape index (κ3) is 3.24. The summed E-state index contributed by atoms with van der Waals surface area (Å²) in [7, 11) is 0. The van der Waals surface area contributed by atoms with Gasteiger partial charge in [0, 0.05) is 18.3 Å². The highest BCUT2D eigenvalue weighted by Crippen LogP contribution is 2.23. The summed E-state index contributed by atoms with van der Waals surface area (Å²) in [6.45, 7) is -0.170. The first-order chi connectivity index (χ1) is 10.1. The van der Waals surface area contributed by atoms with Crippen LogP contribution in [-0.2, 0) is 0 Å². The summed E-state index contributed by atoms with van der Waals surface area (Å²) < 4.78 is 0. The first kappa shape index (κ1) is 14.7. The Labute approximate surface area is 121 Å². The van der Waals surface area contributed by atoms with Crippen LogP contribution in [0.2, 0.25) is 0 Å². The fourth-order valence-corrected chi connectivity index (χ4v) is 2.01. The van der Waals surface area contributed by atoms with Crippen LogP contribution in [0, 0.1) is 10.1 Å². The molecule has 2 aromatic rings. The van der Waals surface area contributed by atoms with Crippen molar-refractivity contribution < 1.29 is 14.8 Å². The van der Waals surface area contributed by atoms with Crippen molar-refractivity contribution in [2.45, 2.75) is 0 Å². The molecular weight excluding hydrogens is 272 g/mol. The van der Waals surface area contributed by atoms with Crippen molar-refractivity contribution in [2.75, 3.05) is 18.1 Å². The number of aliphatic hydroxyl groups is 1. The minimum absolute atomic E-state index is 0.000182. The normalized spacial score (nSPS) is 10.1. The van der Waals surface area contributed by atoms with Crippen molar-refractivity contribution in [1.29, 1.82) is 0 Å². The average Bonchev–Trinajstić information content (AvgIpc) is 2.52. The van der Waals surface area contributed by atoms with Gasteiger partial charge in [0.05, 0.1) is 11.5 Å². The van der Waals surface area contributed by atoms with Crippen LogP contribution in [0.3, 0.4) is 0 Å². The van der Waals surface area contributed by atoms with Crippen LogP contribution in [0.1, 0.15) is 10.4 Å². The van der Waals surface area contributed by atoms with Gasteiger partial charge in [-0.15, -0.1) is 0 Å². The molecule has 0 atom stereocenters. The lowest BCUT2D eigenvalue weighted by atomic mass is 10.1. The number of nitro groups is 1. The van der Waals surface area contributed by atoms with Gasteiger partial charge in [-0.05, 0) is 18.2 Å². The number of para-hydroxylation sites is 2. The number of nitrogens with zero attached hydrogens (tertiary/aromatic N) is 2. The van der Waals surface area contributed by atoms with E-state index < -0.39 is 10.8 Å². The van der Waals surface area contributed by atoms with E-state index in [2.05, 4.69) is 0 Å². The molecule has 2 rings (SSSR count). The highest BCUT2D eigenvalue weighted by atomic mass is 16.6. The number of benzene rings is 2. The molecule has 2 aromatic carbocycles. The average molecular weight is 286 g/mol. The van der Waals surface area contributed by atoms with Gasteiger partial charge in [0.15, 0.2) is 0 Å². The van der Waals surface area contributed by atoms with Crippen molar-refractivity contribution in [3.8, 4) is 0 Å². The van der Waals surface area contributed by atoms with E-state index in [1.165, 1.54) is 23.1 Å². The number of nitro benzene ring substituents is 1. The number of hydrogen-bond acceptors (Lipinski definition) is 4. The van der Waals surface area contributed by atoms with E-state index in [1.54, 1.807) is 36.4 Å². The molecule has 0 saturated heterocycles. The summed E-state index contributed by atoms with van der Waals surface area (Å²) in [5.41, 5.74) is 0.330. The van der Waals surface area contributed by atoms with E-state index in [0.29, 0.717) is 5.69 Å². The zero-order valence-electron chi connectivity index (χ0n) is 11.2. The summed E-state index contributed by atoms with van der Waals surface area (Å²) in [5.74, 6) is -0.512. The van der Waals surface area contributed by atoms with Gasteiger partial charge < -0.3 is 10.0 Å². The number of hydrogen-bond donors (Lipinski definition) is 1. The Morgan fingerprint density at radius 3 is 2.33 bits per heavy atom. The van der Waals surface area contributed by atoms with Crippen LogP contribution in [0.4, 0.5) is 11.4 Å². The summed E-state index contributed by atoms with van der Waals surface area (Å²) >= 11 is 0. The third-order valence-corrected chi connectivity index (χ3v) is 2.97. The third-order valence-electron chi connectivity index (χ3n) is 2.97. The Balaban J connectivity index is 2.42. The SMILES string of the molecule is O=C(c1ccccc1[N+](=O)[O-])N(CCO)c1ccccc1. The molecule has 0 fully saturated rings. The van der Waals surface area contributed by atoms with Crippen LogP contribution in [0.15, 0.2) is 54.6 Å². The molecule has 0 aliphatic rings. The van der Waals surface area contributed by atoms with Gasteiger partial charge >= 0.3 is 0 Å². The maximum Gasteiger partial charge on any atom is 0.282 e. The van der Waals surface area contributed by atoms with Gasteiger partial charge in [0.1, 0.15) is 5.56 Å². The number of anilines is 1. The first-order valence-corrected chi connectivity index (χ1v) is 6.36. The van der Waals surface area contributed by atoms with Crippen LogP contribution in [-0.4, -0.2) is 29.1 Å². The summed E-state index contributed by atoms with van der Waals surface area (Å²) in [4.78, 5) is 24.3. The van der Waals surface area contributed by atoms with Crippen molar-refractivity contribution in [1.82, 2.24) is 0 Å². The molecule has 0 spiro atoms. The Morgan fingerprint density at radius 2 is 1.71 bits per heavy atom. The number of carbonyl (C=O) groups excluding carboxylic acids is 1. The molecule has 108 valence electrons. The molecule has 0 heterocycles. The molecule has 0 radical (unpaired) electrons. The van der Waals surface area contributed by atoms with Gasteiger partial charge in [-0.3, -0.25) is 14.9 Å². The Hall–Kier alpha value is -2.73. The van der Waals surface area contributed by atoms with Gasteiger partial charge in [0.25, 0.3) is 11.6 Å². The molecule has 0 aromatic heterocycles. The second-order valence-electron chi connectivity index (χ2n) is 4.29. The van der Waals surface area contributed by atoms with E-state index in [0.717, 1.165) is 0 Å². The predicted molar refractivity (Wildman–Crippen MR) is 78.3 cm³/mol. The smallest absolute Gasteiger partial charge is 0.282 e. The van der Waals surface area contributed by atoms with Gasteiger partial charge in [-0.2, -0.15) is 0 Å². The van der Waals surface area contributed by atoms with Gasteiger partial charge in [-0.25, -0.2) is 0 Å². The van der Waals surface area contributed by atoms with E-state index in [1.807, 2.05) is 0 Å². The molecule has 0 unspecified atom stereocenters. The minimum atomic E-state index is -0.588. The van der Waals surface area contributed by atoms with Crippen LogP contribution in [0.25, 0.3) is 0 Å². The second kappa shape index (κ2) is 6.62. The molecule has 1 N–H and O–H groups in total. The molecule has 0 aliphatic heterocycles. The summed E-state index contributed by atoms with van der Waals surface area (Å²) in [6.07, 6.45) is 0. The molecule has 0 aliphatic carbocycles. The van der Waals surface area contributed by atoms with Crippen LogP contribution >= 0.6 is 0 Å². The van der Waals surface area contributed by atoms with E-state index in [9.17, 15) is 14.9 Å². The maximum absolute atomic E-state index is 12.6.